The van der Waals surface area contributed by atoms with Gasteiger partial charge in [0.15, 0.2) is 0 Å². The summed E-state index contributed by atoms with van der Waals surface area (Å²) in [5, 5.41) is 11.6. The van der Waals surface area contributed by atoms with Gasteiger partial charge in [-0.15, -0.1) is 11.3 Å². The molecule has 96 valence electrons. The van der Waals surface area contributed by atoms with Crippen LogP contribution in [0.15, 0.2) is 41.8 Å². The fourth-order valence-electron chi connectivity index (χ4n) is 1.94. The number of thiophene rings is 1. The van der Waals surface area contributed by atoms with E-state index in [1.807, 2.05) is 12.1 Å². The molecule has 0 spiro atoms. The molecule has 2 aromatic rings. The van der Waals surface area contributed by atoms with Gasteiger partial charge in [-0.05, 0) is 43.0 Å². The highest BCUT2D eigenvalue weighted by Crippen LogP contribution is 2.22. The smallest absolute Gasteiger partial charge is 0.0761 e. The average molecular weight is 261 g/mol. The van der Waals surface area contributed by atoms with Crippen molar-refractivity contribution < 1.29 is 5.11 Å². The van der Waals surface area contributed by atoms with Gasteiger partial charge in [0.05, 0.1) is 12.6 Å². The number of rotatable bonds is 5. The number of hydrogen-bond donors (Lipinski definition) is 1. The largest absolute Gasteiger partial charge is 0.389 e. The van der Waals surface area contributed by atoms with Gasteiger partial charge in [0, 0.05) is 17.1 Å². The van der Waals surface area contributed by atoms with Crippen LogP contribution in [-0.4, -0.2) is 11.7 Å². The summed E-state index contributed by atoms with van der Waals surface area (Å²) in [5.41, 5.74) is 2.17. The van der Waals surface area contributed by atoms with Gasteiger partial charge in [0.25, 0.3) is 0 Å². The predicted octanol–water partition coefficient (Wildman–Crippen LogP) is 3.83. The second-order valence-electron chi connectivity index (χ2n) is 4.36. The van der Waals surface area contributed by atoms with E-state index >= 15 is 0 Å². The number of anilines is 1. The Bertz CT molecular complexity index is 462. The normalized spacial score (nSPS) is 12.4. The molecule has 1 aromatic heterocycles. The zero-order valence-electron chi connectivity index (χ0n) is 10.8. The first-order valence-corrected chi connectivity index (χ1v) is 7.14. The van der Waals surface area contributed by atoms with E-state index in [-0.39, 0.29) is 0 Å². The molecule has 1 atom stereocenters. The van der Waals surface area contributed by atoms with Gasteiger partial charge in [-0.2, -0.15) is 0 Å². The van der Waals surface area contributed by atoms with E-state index in [1.165, 1.54) is 10.6 Å². The first-order valence-electron chi connectivity index (χ1n) is 6.26. The van der Waals surface area contributed by atoms with Crippen LogP contribution in [0.4, 0.5) is 5.69 Å². The summed E-state index contributed by atoms with van der Waals surface area (Å²) in [6.07, 6.45) is -0.397. The van der Waals surface area contributed by atoms with Gasteiger partial charge in [-0.25, -0.2) is 0 Å². The quantitative estimate of drug-likeness (QED) is 0.884. The minimum Gasteiger partial charge on any atom is -0.389 e. The molecular weight excluding hydrogens is 242 g/mol. The van der Waals surface area contributed by atoms with Crippen LogP contribution in [0.5, 0.6) is 0 Å². The van der Waals surface area contributed by atoms with E-state index in [9.17, 15) is 5.11 Å². The molecule has 0 bridgehead atoms. The molecule has 0 fully saturated rings. The summed E-state index contributed by atoms with van der Waals surface area (Å²) in [6, 6.07) is 12.4. The Morgan fingerprint density at radius 1 is 1.22 bits per heavy atom. The van der Waals surface area contributed by atoms with Gasteiger partial charge in [0.1, 0.15) is 0 Å². The molecule has 2 rings (SSSR count). The lowest BCUT2D eigenvalue weighted by atomic mass is 10.1. The Morgan fingerprint density at radius 2 is 1.94 bits per heavy atom. The third-order valence-corrected chi connectivity index (χ3v) is 3.91. The maximum Gasteiger partial charge on any atom is 0.0761 e. The van der Waals surface area contributed by atoms with Crippen LogP contribution in [0.3, 0.4) is 0 Å². The maximum atomic E-state index is 9.51. The SMILES string of the molecule is CCN(Cc1cccs1)c1ccc(C(C)O)cc1. The van der Waals surface area contributed by atoms with Crippen molar-refractivity contribution in [3.63, 3.8) is 0 Å². The van der Waals surface area contributed by atoms with E-state index in [4.69, 9.17) is 0 Å². The fraction of sp³-hybridized carbons (Fsp3) is 0.333. The molecule has 0 amide bonds. The van der Waals surface area contributed by atoms with Crippen LogP contribution in [0.1, 0.15) is 30.4 Å². The molecule has 2 nitrogen and oxygen atoms in total. The molecule has 0 radical (unpaired) electrons. The first-order chi connectivity index (χ1) is 8.70. The monoisotopic (exact) mass is 261 g/mol. The van der Waals surface area contributed by atoms with Crippen molar-refractivity contribution in [1.82, 2.24) is 0 Å². The Kier molecular flexibility index (Phi) is 4.39. The minimum atomic E-state index is -0.397. The maximum absolute atomic E-state index is 9.51. The van der Waals surface area contributed by atoms with E-state index in [0.29, 0.717) is 0 Å². The van der Waals surface area contributed by atoms with Crippen molar-refractivity contribution in [1.29, 1.82) is 0 Å². The van der Waals surface area contributed by atoms with Gasteiger partial charge in [-0.1, -0.05) is 18.2 Å². The molecule has 0 saturated carbocycles. The highest BCUT2D eigenvalue weighted by molar-refractivity contribution is 7.09. The lowest BCUT2D eigenvalue weighted by Gasteiger charge is -2.23. The van der Waals surface area contributed by atoms with Crippen LogP contribution in [0.25, 0.3) is 0 Å². The molecule has 1 N–H and O–H groups in total. The summed E-state index contributed by atoms with van der Waals surface area (Å²) in [6.45, 7) is 5.88. The Hall–Kier alpha value is -1.32. The third-order valence-electron chi connectivity index (χ3n) is 3.05. The standard InChI is InChI=1S/C15H19NOS/c1-3-16(11-15-5-4-10-18-15)14-8-6-13(7-9-14)12(2)17/h4-10,12,17H,3,11H2,1-2H3. The van der Waals surface area contributed by atoms with Crippen molar-refractivity contribution in [2.24, 2.45) is 0 Å². The number of aliphatic hydroxyl groups excluding tert-OH is 1. The van der Waals surface area contributed by atoms with Crippen LogP contribution >= 0.6 is 11.3 Å². The number of aliphatic hydroxyl groups is 1. The molecular formula is C15H19NOS. The lowest BCUT2D eigenvalue weighted by molar-refractivity contribution is 0.199. The minimum absolute atomic E-state index is 0.397. The van der Waals surface area contributed by atoms with Crippen molar-refractivity contribution >= 4 is 17.0 Å². The molecule has 0 aliphatic carbocycles. The average Bonchev–Trinajstić information content (AvgIpc) is 2.89. The number of benzene rings is 1. The Morgan fingerprint density at radius 3 is 2.44 bits per heavy atom. The van der Waals surface area contributed by atoms with Gasteiger partial charge < -0.3 is 10.0 Å². The zero-order valence-corrected chi connectivity index (χ0v) is 11.7. The molecule has 3 heteroatoms. The van der Waals surface area contributed by atoms with Crippen molar-refractivity contribution in [3.8, 4) is 0 Å². The summed E-state index contributed by atoms with van der Waals surface area (Å²) >= 11 is 1.79. The topological polar surface area (TPSA) is 23.5 Å². The molecule has 0 aliphatic rings. The number of nitrogens with zero attached hydrogens (tertiary/aromatic N) is 1. The lowest BCUT2D eigenvalue weighted by Crippen LogP contribution is -2.21. The van der Waals surface area contributed by atoms with Crippen molar-refractivity contribution in [2.75, 3.05) is 11.4 Å². The van der Waals surface area contributed by atoms with E-state index < -0.39 is 6.10 Å². The van der Waals surface area contributed by atoms with Gasteiger partial charge in [0.2, 0.25) is 0 Å². The summed E-state index contributed by atoms with van der Waals surface area (Å²) < 4.78 is 0. The summed E-state index contributed by atoms with van der Waals surface area (Å²) in [7, 11) is 0. The first kappa shape index (κ1) is 13.1. The molecule has 0 aliphatic heterocycles. The Balaban J connectivity index is 2.12. The van der Waals surface area contributed by atoms with Crippen LogP contribution in [0, 0.1) is 0 Å². The zero-order chi connectivity index (χ0) is 13.0. The van der Waals surface area contributed by atoms with Crippen molar-refractivity contribution in [2.45, 2.75) is 26.5 Å². The highest BCUT2D eigenvalue weighted by atomic mass is 32.1. The molecule has 18 heavy (non-hydrogen) atoms. The van der Waals surface area contributed by atoms with E-state index in [1.54, 1.807) is 18.3 Å². The molecule has 1 heterocycles. The fourth-order valence-corrected chi connectivity index (χ4v) is 2.66. The Labute approximate surface area is 113 Å². The third kappa shape index (κ3) is 3.12. The molecule has 1 aromatic carbocycles. The summed E-state index contributed by atoms with van der Waals surface area (Å²) in [4.78, 5) is 3.70. The van der Waals surface area contributed by atoms with Gasteiger partial charge in [-0.3, -0.25) is 0 Å². The highest BCUT2D eigenvalue weighted by Gasteiger charge is 2.07. The second kappa shape index (κ2) is 6.03. The molecule has 1 unspecified atom stereocenters. The van der Waals surface area contributed by atoms with E-state index in [2.05, 4.69) is 41.5 Å². The molecule has 0 saturated heterocycles. The van der Waals surface area contributed by atoms with Crippen LogP contribution in [-0.2, 0) is 6.54 Å². The second-order valence-corrected chi connectivity index (χ2v) is 5.39. The van der Waals surface area contributed by atoms with Crippen molar-refractivity contribution in [3.05, 3.63) is 52.2 Å². The van der Waals surface area contributed by atoms with E-state index in [0.717, 1.165) is 18.7 Å². The summed E-state index contributed by atoms with van der Waals surface area (Å²) in [5.74, 6) is 0. The van der Waals surface area contributed by atoms with Crippen LogP contribution in [0.2, 0.25) is 0 Å². The predicted molar refractivity (Wildman–Crippen MR) is 78.1 cm³/mol. The number of hydrogen-bond acceptors (Lipinski definition) is 3. The van der Waals surface area contributed by atoms with Crippen LogP contribution < -0.4 is 4.90 Å². The van der Waals surface area contributed by atoms with Gasteiger partial charge >= 0.3 is 0 Å².